The van der Waals surface area contributed by atoms with Crippen molar-refractivity contribution in [3.05, 3.63) is 35.4 Å². The molecule has 0 amide bonds. The summed E-state index contributed by atoms with van der Waals surface area (Å²) >= 11 is -0.229. The van der Waals surface area contributed by atoms with Crippen molar-refractivity contribution in [1.82, 2.24) is 0 Å². The van der Waals surface area contributed by atoms with E-state index in [0.29, 0.717) is 5.56 Å². The lowest BCUT2D eigenvalue weighted by Gasteiger charge is -2.07. The summed E-state index contributed by atoms with van der Waals surface area (Å²) in [6.45, 7) is 3.30. The van der Waals surface area contributed by atoms with Gasteiger partial charge in [0.15, 0.2) is 0 Å². The van der Waals surface area contributed by atoms with Crippen molar-refractivity contribution >= 4 is 23.8 Å². The molecule has 0 fully saturated rings. The predicted octanol–water partition coefficient (Wildman–Crippen LogP) is 4.16. The van der Waals surface area contributed by atoms with Crippen LogP contribution in [0.4, 0.5) is 13.2 Å². The number of alkyl halides is 3. The lowest BCUT2D eigenvalue weighted by molar-refractivity contribution is -0.142. The van der Waals surface area contributed by atoms with Crippen LogP contribution in [-0.4, -0.2) is 17.6 Å². The maximum atomic E-state index is 12.2. The van der Waals surface area contributed by atoms with Crippen LogP contribution in [0.3, 0.4) is 0 Å². The van der Waals surface area contributed by atoms with E-state index in [1.807, 2.05) is 0 Å². The predicted molar refractivity (Wildman–Crippen MR) is 73.2 cm³/mol. The third kappa shape index (κ3) is 6.36. The highest BCUT2D eigenvalue weighted by Gasteiger charge is 2.28. The van der Waals surface area contributed by atoms with Gasteiger partial charge in [-0.15, -0.1) is 0 Å². The van der Waals surface area contributed by atoms with Crippen LogP contribution in [0.1, 0.15) is 19.4 Å². The molecule has 7 heteroatoms. The molecule has 3 nitrogen and oxygen atoms in total. The minimum atomic E-state index is -4.35. The number of esters is 1. The molecule has 0 radical (unpaired) electrons. The van der Waals surface area contributed by atoms with Crippen molar-refractivity contribution in [2.75, 3.05) is 0 Å². The fourth-order valence-electron chi connectivity index (χ4n) is 1.35. The SMILES string of the molecule is CC(C)OC(=O)/C(C#N)=C\c1ccc(SC(F)(F)F)cc1. The Kier molecular flexibility index (Phi) is 5.85. The third-order valence-corrected chi connectivity index (χ3v) is 2.85. The Bertz CT molecular complexity index is 571. The zero-order valence-electron chi connectivity index (χ0n) is 11.3. The number of carbonyl (C=O) groups excluding carboxylic acids is 1. The molecular weight excluding hydrogens is 303 g/mol. The highest BCUT2D eigenvalue weighted by atomic mass is 32.2. The number of hydrogen-bond acceptors (Lipinski definition) is 4. The molecule has 0 atom stereocenters. The van der Waals surface area contributed by atoms with Gasteiger partial charge in [-0.3, -0.25) is 0 Å². The second-order valence-electron chi connectivity index (χ2n) is 4.24. The number of rotatable bonds is 4. The van der Waals surface area contributed by atoms with E-state index in [1.54, 1.807) is 19.9 Å². The van der Waals surface area contributed by atoms with Crippen LogP contribution < -0.4 is 0 Å². The van der Waals surface area contributed by atoms with E-state index in [2.05, 4.69) is 0 Å². The number of thioether (sulfide) groups is 1. The summed E-state index contributed by atoms with van der Waals surface area (Å²) in [6, 6.07) is 7.04. The number of hydrogen-bond donors (Lipinski definition) is 0. The molecule has 0 unspecified atom stereocenters. The molecule has 0 aliphatic rings. The van der Waals surface area contributed by atoms with Gasteiger partial charge in [0, 0.05) is 4.90 Å². The maximum Gasteiger partial charge on any atom is 0.446 e. The van der Waals surface area contributed by atoms with Crippen molar-refractivity contribution < 1.29 is 22.7 Å². The van der Waals surface area contributed by atoms with Gasteiger partial charge in [-0.05, 0) is 49.4 Å². The third-order valence-electron chi connectivity index (χ3n) is 2.11. The van der Waals surface area contributed by atoms with E-state index < -0.39 is 11.5 Å². The van der Waals surface area contributed by atoms with Crippen molar-refractivity contribution in [3.8, 4) is 6.07 Å². The fourth-order valence-corrected chi connectivity index (χ4v) is 1.89. The maximum absolute atomic E-state index is 12.2. The van der Waals surface area contributed by atoms with Crippen LogP contribution >= 0.6 is 11.8 Å². The summed E-state index contributed by atoms with van der Waals surface area (Å²) < 4.78 is 41.4. The lowest BCUT2D eigenvalue weighted by Crippen LogP contribution is -2.12. The summed E-state index contributed by atoms with van der Waals surface area (Å²) in [5.41, 5.74) is -4.12. The van der Waals surface area contributed by atoms with E-state index in [1.165, 1.54) is 30.3 Å². The van der Waals surface area contributed by atoms with E-state index >= 15 is 0 Å². The van der Waals surface area contributed by atoms with Gasteiger partial charge in [-0.25, -0.2) is 4.79 Å². The Morgan fingerprint density at radius 1 is 1.33 bits per heavy atom. The van der Waals surface area contributed by atoms with Gasteiger partial charge in [-0.1, -0.05) is 12.1 Å². The minimum Gasteiger partial charge on any atom is -0.459 e. The van der Waals surface area contributed by atoms with E-state index in [9.17, 15) is 18.0 Å². The average molecular weight is 315 g/mol. The van der Waals surface area contributed by atoms with Crippen LogP contribution in [0.25, 0.3) is 6.08 Å². The number of nitrogens with zero attached hydrogens (tertiary/aromatic N) is 1. The van der Waals surface area contributed by atoms with Crippen molar-refractivity contribution in [2.24, 2.45) is 0 Å². The highest BCUT2D eigenvalue weighted by Crippen LogP contribution is 2.36. The topological polar surface area (TPSA) is 50.1 Å². The quantitative estimate of drug-likeness (QED) is 0.362. The van der Waals surface area contributed by atoms with Gasteiger partial charge in [0.2, 0.25) is 0 Å². The summed E-state index contributed by atoms with van der Waals surface area (Å²) in [6.07, 6.45) is 0.909. The monoisotopic (exact) mass is 315 g/mol. The van der Waals surface area contributed by atoms with Gasteiger partial charge in [0.1, 0.15) is 11.6 Å². The summed E-state index contributed by atoms with van der Waals surface area (Å²) in [4.78, 5) is 11.6. The Morgan fingerprint density at radius 3 is 2.33 bits per heavy atom. The Hall–Kier alpha value is -1.94. The second kappa shape index (κ2) is 7.18. The number of halogens is 3. The molecule has 1 aromatic rings. The first kappa shape index (κ1) is 17.1. The largest absolute Gasteiger partial charge is 0.459 e. The molecule has 0 aliphatic heterocycles. The van der Waals surface area contributed by atoms with E-state index in [0.717, 1.165) is 0 Å². The first-order valence-corrected chi connectivity index (χ1v) is 6.71. The summed E-state index contributed by atoms with van der Waals surface area (Å²) in [7, 11) is 0. The molecule has 21 heavy (non-hydrogen) atoms. The van der Waals surface area contributed by atoms with Crippen molar-refractivity contribution in [1.29, 1.82) is 5.26 Å². The normalized spacial score (nSPS) is 12.1. The summed E-state index contributed by atoms with van der Waals surface area (Å²) in [5, 5.41) is 8.91. The molecule has 0 N–H and O–H groups in total. The van der Waals surface area contributed by atoms with Crippen LogP contribution in [0.5, 0.6) is 0 Å². The van der Waals surface area contributed by atoms with Gasteiger partial charge >= 0.3 is 11.5 Å². The number of benzene rings is 1. The molecule has 0 aliphatic carbocycles. The lowest BCUT2D eigenvalue weighted by atomic mass is 10.1. The second-order valence-corrected chi connectivity index (χ2v) is 5.38. The fraction of sp³-hybridized carbons (Fsp3) is 0.286. The van der Waals surface area contributed by atoms with Crippen molar-refractivity contribution in [2.45, 2.75) is 30.4 Å². The first-order valence-electron chi connectivity index (χ1n) is 5.90. The first-order chi connectivity index (χ1) is 9.71. The number of carbonyl (C=O) groups is 1. The zero-order chi connectivity index (χ0) is 16.0. The van der Waals surface area contributed by atoms with Gasteiger partial charge < -0.3 is 4.74 Å². The molecule has 0 saturated carbocycles. The average Bonchev–Trinajstić information content (AvgIpc) is 2.35. The number of nitriles is 1. The van der Waals surface area contributed by atoms with Crippen LogP contribution in [0.15, 0.2) is 34.7 Å². The molecular formula is C14H12F3NO2S. The Balaban J connectivity index is 2.88. The molecule has 1 aromatic carbocycles. The Labute approximate surface area is 124 Å². The van der Waals surface area contributed by atoms with Gasteiger partial charge in [0.25, 0.3) is 0 Å². The van der Waals surface area contributed by atoms with E-state index in [-0.39, 0.29) is 28.3 Å². The van der Waals surface area contributed by atoms with Crippen LogP contribution in [0, 0.1) is 11.3 Å². The smallest absolute Gasteiger partial charge is 0.446 e. The minimum absolute atomic E-state index is 0.0305. The molecule has 0 heterocycles. The van der Waals surface area contributed by atoms with Gasteiger partial charge in [0.05, 0.1) is 6.10 Å². The zero-order valence-corrected chi connectivity index (χ0v) is 12.1. The molecule has 1 rings (SSSR count). The Morgan fingerprint density at radius 2 is 1.90 bits per heavy atom. The molecule has 0 saturated heterocycles. The van der Waals surface area contributed by atoms with Crippen LogP contribution in [0.2, 0.25) is 0 Å². The van der Waals surface area contributed by atoms with E-state index in [4.69, 9.17) is 10.00 Å². The van der Waals surface area contributed by atoms with Gasteiger partial charge in [-0.2, -0.15) is 18.4 Å². The van der Waals surface area contributed by atoms with Crippen LogP contribution in [-0.2, 0) is 9.53 Å². The molecule has 0 bridgehead atoms. The summed E-state index contributed by atoms with van der Waals surface area (Å²) in [5.74, 6) is -0.763. The molecule has 0 spiro atoms. The van der Waals surface area contributed by atoms with Crippen molar-refractivity contribution in [3.63, 3.8) is 0 Å². The number of ether oxygens (including phenoxy) is 1. The molecule has 0 aromatic heterocycles. The molecule has 112 valence electrons. The highest BCUT2D eigenvalue weighted by molar-refractivity contribution is 8.00. The standard InChI is InChI=1S/C14H12F3NO2S/c1-9(2)20-13(19)11(8-18)7-10-3-5-12(6-4-10)21-14(15,16)17/h3-7,9H,1-2H3/b11-7-.